The minimum absolute atomic E-state index is 0.0673. The number of rotatable bonds is 6. The summed E-state index contributed by atoms with van der Waals surface area (Å²) in [7, 11) is 0. The number of hydrogen-bond donors (Lipinski definition) is 3. The molecule has 1 saturated heterocycles. The molecule has 0 unspecified atom stereocenters. The topological polar surface area (TPSA) is 178 Å². The monoisotopic (exact) mass is 436 g/mol. The summed E-state index contributed by atoms with van der Waals surface area (Å²) in [5.41, 5.74) is -7.87. The Labute approximate surface area is 174 Å². The lowest BCUT2D eigenvalue weighted by Crippen LogP contribution is -2.66. The first kappa shape index (κ1) is 22.3. The number of aromatic amines is 1. The van der Waals surface area contributed by atoms with Crippen molar-refractivity contribution in [2.45, 2.75) is 44.3 Å². The van der Waals surface area contributed by atoms with Crippen LogP contribution >= 0.6 is 0 Å². The molecule has 3 heterocycles. The average Bonchev–Trinajstić information content (AvgIpc) is 3.28. The van der Waals surface area contributed by atoms with Gasteiger partial charge in [0, 0.05) is 13.1 Å². The van der Waals surface area contributed by atoms with E-state index in [9.17, 15) is 34.2 Å². The molecule has 2 aromatic heterocycles. The standard InChI is InChI=1S/C19H20N2O10/c1-9(22)18(27)14(8-30-11(3)24)31-16(19(18,28)10(2)23)21-7-12(13-5-4-6-29-13)15(25)20-17(21)26/h4-7,14,16,27-28H,8H2,1-3H3,(H,20,25,26)/t14-,16-,18-,19+/m1/s1. The molecule has 12 nitrogen and oxygen atoms in total. The van der Waals surface area contributed by atoms with Crippen LogP contribution in [0.15, 0.2) is 38.6 Å². The van der Waals surface area contributed by atoms with Crippen LogP contribution in [-0.2, 0) is 23.9 Å². The molecule has 12 heteroatoms. The number of H-pyrrole nitrogens is 1. The summed E-state index contributed by atoms with van der Waals surface area (Å²) in [6, 6.07) is 2.92. The molecular weight excluding hydrogens is 416 g/mol. The van der Waals surface area contributed by atoms with Crippen LogP contribution in [0.4, 0.5) is 0 Å². The van der Waals surface area contributed by atoms with Crippen LogP contribution in [0, 0.1) is 0 Å². The Bertz CT molecular complexity index is 1150. The van der Waals surface area contributed by atoms with Gasteiger partial charge in [-0.05, 0) is 26.0 Å². The van der Waals surface area contributed by atoms with Crippen molar-refractivity contribution < 1.29 is 38.5 Å². The number of Topliss-reactive ketones (excluding diaryl/α,β-unsaturated/α-hetero) is 2. The van der Waals surface area contributed by atoms with Gasteiger partial charge in [-0.3, -0.25) is 28.7 Å². The van der Waals surface area contributed by atoms with Crippen molar-refractivity contribution in [2.24, 2.45) is 0 Å². The zero-order chi connectivity index (χ0) is 23.1. The number of nitrogens with zero attached hydrogens (tertiary/aromatic N) is 1. The summed E-state index contributed by atoms with van der Waals surface area (Å²) >= 11 is 0. The molecule has 3 rings (SSSR count). The number of hydrogen-bond acceptors (Lipinski definition) is 10. The van der Waals surface area contributed by atoms with Gasteiger partial charge in [0.15, 0.2) is 23.4 Å². The Balaban J connectivity index is 2.22. The van der Waals surface area contributed by atoms with Gasteiger partial charge in [0.2, 0.25) is 5.60 Å². The maximum Gasteiger partial charge on any atom is 0.330 e. The van der Waals surface area contributed by atoms with E-state index in [4.69, 9.17) is 13.9 Å². The zero-order valence-electron chi connectivity index (χ0n) is 16.8. The normalized spacial score (nSPS) is 27.8. The van der Waals surface area contributed by atoms with E-state index in [-0.39, 0.29) is 11.3 Å². The first-order chi connectivity index (χ1) is 14.4. The second-order valence-electron chi connectivity index (χ2n) is 7.11. The molecule has 31 heavy (non-hydrogen) atoms. The highest BCUT2D eigenvalue weighted by molar-refractivity contribution is 5.98. The second-order valence-corrected chi connectivity index (χ2v) is 7.11. The highest BCUT2D eigenvalue weighted by atomic mass is 16.6. The number of aliphatic hydroxyl groups is 2. The Morgan fingerprint density at radius 2 is 1.81 bits per heavy atom. The molecule has 0 amide bonds. The van der Waals surface area contributed by atoms with Crippen LogP contribution in [0.25, 0.3) is 11.3 Å². The van der Waals surface area contributed by atoms with Crippen molar-refractivity contribution >= 4 is 17.5 Å². The van der Waals surface area contributed by atoms with Crippen LogP contribution in [0.1, 0.15) is 27.0 Å². The first-order valence-electron chi connectivity index (χ1n) is 9.09. The van der Waals surface area contributed by atoms with Crippen LogP contribution in [-0.4, -0.2) is 61.2 Å². The lowest BCUT2D eigenvalue weighted by Gasteiger charge is -2.37. The maximum absolute atomic E-state index is 12.5. The van der Waals surface area contributed by atoms with Crippen LogP contribution in [0.5, 0.6) is 0 Å². The Kier molecular flexibility index (Phi) is 5.56. The summed E-state index contributed by atoms with van der Waals surface area (Å²) in [6.45, 7) is 2.17. The Morgan fingerprint density at radius 3 is 2.32 bits per heavy atom. The third-order valence-corrected chi connectivity index (χ3v) is 5.22. The Morgan fingerprint density at radius 1 is 1.16 bits per heavy atom. The fourth-order valence-corrected chi connectivity index (χ4v) is 3.61. The molecular formula is C19H20N2O10. The fourth-order valence-electron chi connectivity index (χ4n) is 3.61. The predicted molar refractivity (Wildman–Crippen MR) is 101 cm³/mol. The van der Waals surface area contributed by atoms with Gasteiger partial charge in [0.1, 0.15) is 18.5 Å². The quantitative estimate of drug-likeness (QED) is 0.471. The highest BCUT2D eigenvalue weighted by Gasteiger charge is 2.72. The molecule has 0 spiro atoms. The van der Waals surface area contributed by atoms with Crippen molar-refractivity contribution in [3.8, 4) is 11.3 Å². The number of nitrogens with one attached hydrogen (secondary N) is 1. The molecule has 0 radical (unpaired) electrons. The summed E-state index contributed by atoms with van der Waals surface area (Å²) in [6.07, 6.45) is -1.39. The van der Waals surface area contributed by atoms with E-state index in [2.05, 4.69) is 0 Å². The van der Waals surface area contributed by atoms with E-state index in [0.717, 1.165) is 27.0 Å². The molecule has 3 N–H and O–H groups in total. The number of carbonyl (C=O) groups is 3. The molecule has 1 fully saturated rings. The van der Waals surface area contributed by atoms with Crippen molar-refractivity contribution in [3.05, 3.63) is 45.4 Å². The van der Waals surface area contributed by atoms with Gasteiger partial charge in [-0.15, -0.1) is 0 Å². The minimum atomic E-state index is -2.95. The average molecular weight is 436 g/mol. The number of ketones is 2. The van der Waals surface area contributed by atoms with Gasteiger partial charge in [-0.2, -0.15) is 0 Å². The number of furan rings is 1. The minimum Gasteiger partial charge on any atom is -0.464 e. The molecule has 1 aliphatic heterocycles. The van der Waals surface area contributed by atoms with E-state index >= 15 is 0 Å². The van der Waals surface area contributed by atoms with Gasteiger partial charge in [0.25, 0.3) is 5.56 Å². The van der Waals surface area contributed by atoms with Crippen molar-refractivity contribution in [1.82, 2.24) is 9.55 Å². The first-order valence-corrected chi connectivity index (χ1v) is 9.09. The van der Waals surface area contributed by atoms with E-state index in [1.165, 1.54) is 18.4 Å². The second kappa shape index (κ2) is 7.72. The number of aromatic nitrogens is 2. The fraction of sp³-hybridized carbons (Fsp3) is 0.421. The van der Waals surface area contributed by atoms with Crippen LogP contribution in [0.3, 0.4) is 0 Å². The van der Waals surface area contributed by atoms with Gasteiger partial charge in [-0.25, -0.2) is 4.79 Å². The van der Waals surface area contributed by atoms with Crippen LogP contribution in [0.2, 0.25) is 0 Å². The molecule has 0 saturated carbocycles. The maximum atomic E-state index is 12.5. The predicted octanol–water partition coefficient (Wildman–Crippen LogP) is -1.10. The van der Waals surface area contributed by atoms with Crippen LogP contribution < -0.4 is 11.2 Å². The molecule has 0 aliphatic carbocycles. The zero-order valence-corrected chi connectivity index (χ0v) is 16.8. The summed E-state index contributed by atoms with van der Waals surface area (Å²) in [5, 5.41) is 22.4. The van der Waals surface area contributed by atoms with Gasteiger partial charge >= 0.3 is 11.7 Å². The summed E-state index contributed by atoms with van der Waals surface area (Å²) in [4.78, 5) is 62.8. The third kappa shape index (κ3) is 3.34. The highest BCUT2D eigenvalue weighted by Crippen LogP contribution is 2.46. The molecule has 0 bridgehead atoms. The largest absolute Gasteiger partial charge is 0.464 e. The smallest absolute Gasteiger partial charge is 0.330 e. The third-order valence-electron chi connectivity index (χ3n) is 5.22. The molecule has 2 aromatic rings. The SMILES string of the molecule is CC(=O)OC[C@H]1O[C@@H](n2cc(-c3ccco3)c(=O)[nH]c2=O)[C@@](O)(C(C)=O)[C@@]1(O)C(C)=O. The van der Waals surface area contributed by atoms with E-state index in [1.54, 1.807) is 0 Å². The van der Waals surface area contributed by atoms with E-state index in [0.29, 0.717) is 4.57 Å². The summed E-state index contributed by atoms with van der Waals surface area (Å²) in [5.74, 6) is -2.87. The van der Waals surface area contributed by atoms with E-state index in [1.807, 2.05) is 4.98 Å². The van der Waals surface area contributed by atoms with E-state index < -0.39 is 58.9 Å². The molecule has 1 aliphatic rings. The molecule has 4 atom stereocenters. The number of carbonyl (C=O) groups excluding carboxylic acids is 3. The lowest BCUT2D eigenvalue weighted by atomic mass is 9.75. The van der Waals surface area contributed by atoms with Gasteiger partial charge in [0.05, 0.1) is 11.8 Å². The molecule has 166 valence electrons. The molecule has 0 aromatic carbocycles. The van der Waals surface area contributed by atoms with Crippen molar-refractivity contribution in [1.29, 1.82) is 0 Å². The number of esters is 1. The lowest BCUT2D eigenvalue weighted by molar-refractivity contribution is -0.182. The summed E-state index contributed by atoms with van der Waals surface area (Å²) < 4.78 is 16.1. The van der Waals surface area contributed by atoms with Crippen molar-refractivity contribution in [3.63, 3.8) is 0 Å². The van der Waals surface area contributed by atoms with Gasteiger partial charge in [-0.1, -0.05) is 0 Å². The Hall–Kier alpha value is -3.35. The van der Waals surface area contributed by atoms with Crippen molar-refractivity contribution in [2.75, 3.05) is 6.61 Å². The number of ether oxygens (including phenoxy) is 2. The van der Waals surface area contributed by atoms with Gasteiger partial charge < -0.3 is 24.1 Å².